The Kier molecular flexibility index (Phi) is 11.3. The van der Waals surface area contributed by atoms with Crippen molar-refractivity contribution >= 4 is 17.9 Å². The van der Waals surface area contributed by atoms with Gasteiger partial charge in [-0.05, 0) is 89.3 Å². The molecule has 232 valence electrons. The van der Waals surface area contributed by atoms with E-state index >= 15 is 0 Å². The lowest BCUT2D eigenvalue weighted by Gasteiger charge is -2.45. The molecule has 0 aromatic heterocycles. The second kappa shape index (κ2) is 14.5. The fourth-order valence-corrected chi connectivity index (χ4v) is 5.34. The Hall–Kier alpha value is -3.99. The molecule has 0 saturated heterocycles. The van der Waals surface area contributed by atoms with Crippen LogP contribution in [-0.4, -0.2) is 51.1 Å². The summed E-state index contributed by atoms with van der Waals surface area (Å²) in [4.78, 5) is 43.6. The Bertz CT molecular complexity index is 1280. The van der Waals surface area contributed by atoms with E-state index in [2.05, 4.69) is 16.6 Å². The van der Waals surface area contributed by atoms with Gasteiger partial charge in [0.15, 0.2) is 0 Å². The van der Waals surface area contributed by atoms with Gasteiger partial charge in [-0.25, -0.2) is 4.79 Å². The molecule has 0 bridgehead atoms. The molecule has 3 N–H and O–H groups in total. The summed E-state index contributed by atoms with van der Waals surface area (Å²) in [6.07, 6.45) is 10.6. The van der Waals surface area contributed by atoms with Crippen LogP contribution in [0.5, 0.6) is 5.75 Å². The predicted molar refractivity (Wildman–Crippen MR) is 168 cm³/mol. The number of carbonyl (C=O) groups is 3. The third-order valence-electron chi connectivity index (χ3n) is 7.97. The third-order valence-corrected chi connectivity index (χ3v) is 7.97. The van der Waals surface area contributed by atoms with Crippen molar-refractivity contribution in [2.24, 2.45) is 0 Å². The van der Waals surface area contributed by atoms with Crippen LogP contribution in [0.25, 0.3) is 0 Å². The van der Waals surface area contributed by atoms with Crippen LogP contribution >= 0.6 is 0 Å². The van der Waals surface area contributed by atoms with Gasteiger partial charge in [-0.1, -0.05) is 56.4 Å². The third kappa shape index (κ3) is 9.51. The second-order valence-electron chi connectivity index (χ2n) is 13.0. The first-order valence-corrected chi connectivity index (χ1v) is 15.2. The van der Waals surface area contributed by atoms with Crippen LogP contribution in [0.4, 0.5) is 4.79 Å². The zero-order valence-corrected chi connectivity index (χ0v) is 26.4. The summed E-state index contributed by atoms with van der Waals surface area (Å²) in [5.41, 5.74) is 0.462. The molecular formula is C35H47N3O5. The van der Waals surface area contributed by atoms with Crippen LogP contribution in [-0.2, 0) is 20.7 Å². The SMILES string of the molecule is C#Cc1ccc(C(C(=O)NC2CCCCC2)N(C(=O)C(Cc2ccc(O)cc2)NC(=O)OC(C)(C)C)C(C)(C)CC)cc1. The highest BCUT2D eigenvalue weighted by Crippen LogP contribution is 2.33. The Labute approximate surface area is 256 Å². The van der Waals surface area contributed by atoms with E-state index in [4.69, 9.17) is 11.2 Å². The van der Waals surface area contributed by atoms with Crippen molar-refractivity contribution in [2.45, 2.75) is 116 Å². The minimum absolute atomic E-state index is 0.0307. The average Bonchev–Trinajstić information content (AvgIpc) is 2.95. The molecule has 1 fully saturated rings. The average molecular weight is 590 g/mol. The van der Waals surface area contributed by atoms with Crippen molar-refractivity contribution in [3.8, 4) is 18.1 Å². The molecule has 2 unspecified atom stereocenters. The van der Waals surface area contributed by atoms with Crippen molar-refractivity contribution in [2.75, 3.05) is 0 Å². The van der Waals surface area contributed by atoms with Crippen molar-refractivity contribution in [3.63, 3.8) is 0 Å². The number of phenolic OH excluding ortho intramolecular Hbond substituents is 1. The Morgan fingerprint density at radius 2 is 1.60 bits per heavy atom. The molecule has 1 aliphatic carbocycles. The molecule has 0 aliphatic heterocycles. The maximum atomic E-state index is 14.7. The summed E-state index contributed by atoms with van der Waals surface area (Å²) in [7, 11) is 0. The van der Waals surface area contributed by atoms with Gasteiger partial charge < -0.3 is 25.4 Å². The van der Waals surface area contributed by atoms with Crippen LogP contribution in [0.2, 0.25) is 0 Å². The van der Waals surface area contributed by atoms with Gasteiger partial charge >= 0.3 is 6.09 Å². The van der Waals surface area contributed by atoms with Gasteiger partial charge in [-0.3, -0.25) is 9.59 Å². The number of terminal acetylenes is 1. The lowest BCUT2D eigenvalue weighted by molar-refractivity contribution is -0.149. The number of aromatic hydroxyl groups is 1. The fraction of sp³-hybridized carbons (Fsp3) is 0.514. The number of ether oxygens (including phenoxy) is 1. The molecule has 8 heteroatoms. The van der Waals surface area contributed by atoms with Crippen LogP contribution in [0.15, 0.2) is 48.5 Å². The molecule has 1 saturated carbocycles. The molecule has 1 aliphatic rings. The number of alkyl carbamates (subject to hydrolysis) is 1. The van der Waals surface area contributed by atoms with Gasteiger partial charge in [0.1, 0.15) is 23.4 Å². The summed E-state index contributed by atoms with van der Waals surface area (Å²) in [6.45, 7) is 11.1. The highest BCUT2D eigenvalue weighted by atomic mass is 16.6. The molecule has 0 heterocycles. The molecule has 3 amide bonds. The summed E-state index contributed by atoms with van der Waals surface area (Å²) in [6, 6.07) is 11.6. The Morgan fingerprint density at radius 1 is 1.00 bits per heavy atom. The van der Waals surface area contributed by atoms with Crippen LogP contribution < -0.4 is 10.6 Å². The van der Waals surface area contributed by atoms with Gasteiger partial charge in [-0.15, -0.1) is 6.42 Å². The molecule has 43 heavy (non-hydrogen) atoms. The van der Waals surface area contributed by atoms with Crippen LogP contribution in [0.3, 0.4) is 0 Å². The van der Waals surface area contributed by atoms with E-state index in [-0.39, 0.29) is 24.1 Å². The summed E-state index contributed by atoms with van der Waals surface area (Å²) in [5.74, 6) is 2.02. The monoisotopic (exact) mass is 589 g/mol. The van der Waals surface area contributed by atoms with Crippen LogP contribution in [0.1, 0.15) is 103 Å². The number of hydrogen-bond donors (Lipinski definition) is 3. The normalized spacial score (nSPS) is 15.5. The molecule has 2 aromatic carbocycles. The first-order valence-electron chi connectivity index (χ1n) is 15.2. The summed E-state index contributed by atoms with van der Waals surface area (Å²) >= 11 is 0. The highest BCUT2D eigenvalue weighted by Gasteiger charge is 2.43. The van der Waals surface area contributed by atoms with Crippen LogP contribution in [0, 0.1) is 12.3 Å². The van der Waals surface area contributed by atoms with E-state index in [1.54, 1.807) is 62.1 Å². The number of hydrogen-bond acceptors (Lipinski definition) is 5. The van der Waals surface area contributed by atoms with E-state index < -0.39 is 35.2 Å². The van der Waals surface area contributed by atoms with E-state index in [1.807, 2.05) is 20.8 Å². The standard InChI is InChI=1S/C35H47N3O5/c1-8-24-15-19-26(20-16-24)30(31(40)36-27-13-11-10-12-14-27)38(35(6,7)9-2)32(41)29(37-33(42)43-34(3,4)5)23-25-17-21-28(39)22-18-25/h1,15-22,27,29-30,39H,9-14,23H2,2-7H3,(H,36,40)(H,37,42). The fourth-order valence-electron chi connectivity index (χ4n) is 5.34. The maximum absolute atomic E-state index is 14.7. The topological polar surface area (TPSA) is 108 Å². The summed E-state index contributed by atoms with van der Waals surface area (Å²) in [5, 5.41) is 15.8. The predicted octanol–water partition coefficient (Wildman–Crippen LogP) is 6.02. The van der Waals surface area contributed by atoms with E-state index in [0.29, 0.717) is 17.5 Å². The minimum atomic E-state index is -1.06. The largest absolute Gasteiger partial charge is 0.508 e. The quantitative estimate of drug-likeness (QED) is 0.294. The van der Waals surface area contributed by atoms with Crippen molar-refractivity contribution in [1.29, 1.82) is 0 Å². The minimum Gasteiger partial charge on any atom is -0.508 e. The number of nitrogens with one attached hydrogen (secondary N) is 2. The zero-order chi connectivity index (χ0) is 31.8. The molecule has 2 aromatic rings. The molecule has 3 rings (SSSR count). The van der Waals surface area contributed by atoms with Gasteiger partial charge in [-0.2, -0.15) is 0 Å². The van der Waals surface area contributed by atoms with E-state index in [1.165, 1.54) is 12.1 Å². The maximum Gasteiger partial charge on any atom is 0.408 e. The first kappa shape index (κ1) is 33.5. The smallest absolute Gasteiger partial charge is 0.408 e. The van der Waals surface area contributed by atoms with Gasteiger partial charge in [0.25, 0.3) is 0 Å². The number of benzene rings is 2. The first-order chi connectivity index (χ1) is 20.2. The number of amides is 3. The highest BCUT2D eigenvalue weighted by molar-refractivity contribution is 5.93. The second-order valence-corrected chi connectivity index (χ2v) is 13.0. The molecule has 0 spiro atoms. The van der Waals surface area contributed by atoms with Gasteiger partial charge in [0, 0.05) is 23.6 Å². The molecular weight excluding hydrogens is 542 g/mol. The Balaban J connectivity index is 2.10. The lowest BCUT2D eigenvalue weighted by atomic mass is 9.90. The number of nitrogens with zero attached hydrogens (tertiary/aromatic N) is 1. The number of carbonyl (C=O) groups excluding carboxylic acids is 3. The molecule has 0 radical (unpaired) electrons. The number of rotatable bonds is 10. The molecule has 2 atom stereocenters. The zero-order valence-electron chi connectivity index (χ0n) is 26.4. The van der Waals surface area contributed by atoms with Gasteiger partial charge in [0.05, 0.1) is 0 Å². The summed E-state index contributed by atoms with van der Waals surface area (Å²) < 4.78 is 5.53. The Morgan fingerprint density at radius 3 is 2.14 bits per heavy atom. The number of phenols is 1. The van der Waals surface area contributed by atoms with Gasteiger partial charge in [0.2, 0.25) is 11.8 Å². The van der Waals surface area contributed by atoms with Crippen molar-refractivity contribution < 1.29 is 24.2 Å². The molecule has 8 nitrogen and oxygen atoms in total. The van der Waals surface area contributed by atoms with Crippen molar-refractivity contribution in [1.82, 2.24) is 15.5 Å². The van der Waals surface area contributed by atoms with E-state index in [0.717, 1.165) is 37.7 Å². The lowest BCUT2D eigenvalue weighted by Crippen LogP contribution is -2.60. The van der Waals surface area contributed by atoms with Crippen molar-refractivity contribution in [3.05, 3.63) is 65.2 Å². The van der Waals surface area contributed by atoms with E-state index in [9.17, 15) is 19.5 Å².